The molecule has 6 nitrogen and oxygen atoms in total. The van der Waals surface area contributed by atoms with E-state index in [1.807, 2.05) is 38.9 Å². The van der Waals surface area contributed by atoms with Gasteiger partial charge in [-0.25, -0.2) is 9.97 Å². The molecule has 0 spiro atoms. The third kappa shape index (κ3) is 4.67. The molecular weight excluding hydrogens is 292 g/mol. The Bertz CT molecular complexity index is 669. The lowest BCUT2D eigenvalue weighted by atomic mass is 10.2. The van der Waals surface area contributed by atoms with Crippen molar-refractivity contribution in [2.45, 2.75) is 20.4 Å². The number of nitrogens with one attached hydrogen (secondary N) is 1. The van der Waals surface area contributed by atoms with E-state index in [9.17, 15) is 4.79 Å². The van der Waals surface area contributed by atoms with Gasteiger partial charge in [0, 0.05) is 31.4 Å². The number of aryl methyl sites for hydroxylation is 1. The van der Waals surface area contributed by atoms with Crippen molar-refractivity contribution >= 4 is 11.7 Å². The predicted octanol–water partition coefficient (Wildman–Crippen LogP) is 2.18. The molecule has 0 atom stereocenters. The smallest absolute Gasteiger partial charge is 0.251 e. The molecule has 0 aliphatic heterocycles. The van der Waals surface area contributed by atoms with E-state index in [0.717, 1.165) is 17.3 Å². The van der Waals surface area contributed by atoms with Crippen LogP contribution < -0.4 is 15.0 Å². The average molecular weight is 314 g/mol. The largest absolute Gasteiger partial charge is 0.494 e. The highest BCUT2D eigenvalue weighted by atomic mass is 16.5. The lowest BCUT2D eigenvalue weighted by Crippen LogP contribution is -2.24. The van der Waals surface area contributed by atoms with Gasteiger partial charge in [-0.1, -0.05) is 0 Å². The molecule has 0 aliphatic rings. The van der Waals surface area contributed by atoms with Gasteiger partial charge in [-0.15, -0.1) is 0 Å². The highest BCUT2D eigenvalue weighted by Crippen LogP contribution is 2.12. The average Bonchev–Trinajstić information content (AvgIpc) is 2.53. The van der Waals surface area contributed by atoms with Crippen LogP contribution in [0.25, 0.3) is 0 Å². The van der Waals surface area contributed by atoms with Gasteiger partial charge in [0.25, 0.3) is 5.91 Å². The number of carbonyl (C=O) groups is 1. The zero-order valence-corrected chi connectivity index (χ0v) is 14.0. The summed E-state index contributed by atoms with van der Waals surface area (Å²) in [6.07, 6.45) is 0. The van der Waals surface area contributed by atoms with E-state index < -0.39 is 0 Å². The van der Waals surface area contributed by atoms with Crippen molar-refractivity contribution in [3.63, 3.8) is 0 Å². The molecule has 0 saturated carbocycles. The normalized spacial score (nSPS) is 10.3. The van der Waals surface area contributed by atoms with E-state index in [1.54, 1.807) is 24.3 Å². The van der Waals surface area contributed by atoms with Crippen LogP contribution in [-0.2, 0) is 6.54 Å². The van der Waals surface area contributed by atoms with Gasteiger partial charge < -0.3 is 15.0 Å². The maximum Gasteiger partial charge on any atom is 0.251 e. The summed E-state index contributed by atoms with van der Waals surface area (Å²) in [5.74, 6) is 2.00. The third-order valence-corrected chi connectivity index (χ3v) is 3.18. The van der Waals surface area contributed by atoms with E-state index in [4.69, 9.17) is 4.74 Å². The van der Waals surface area contributed by atoms with Crippen molar-refractivity contribution in [3.05, 3.63) is 47.4 Å². The van der Waals surface area contributed by atoms with Crippen LogP contribution in [0.5, 0.6) is 5.75 Å². The van der Waals surface area contributed by atoms with E-state index in [-0.39, 0.29) is 12.5 Å². The Balaban J connectivity index is 2.01. The maximum atomic E-state index is 12.2. The SMILES string of the molecule is CCOc1ccc(C(=O)NCc2nc(C)cc(N(C)C)n2)cc1. The molecule has 1 aromatic carbocycles. The summed E-state index contributed by atoms with van der Waals surface area (Å²) in [4.78, 5) is 22.8. The third-order valence-electron chi connectivity index (χ3n) is 3.18. The lowest BCUT2D eigenvalue weighted by molar-refractivity contribution is 0.0950. The van der Waals surface area contributed by atoms with Gasteiger partial charge in [-0.05, 0) is 38.1 Å². The van der Waals surface area contributed by atoms with Crippen LogP contribution in [0.1, 0.15) is 28.8 Å². The minimum atomic E-state index is -0.162. The summed E-state index contributed by atoms with van der Waals surface area (Å²) >= 11 is 0. The maximum absolute atomic E-state index is 12.2. The molecule has 0 unspecified atom stereocenters. The van der Waals surface area contributed by atoms with Gasteiger partial charge in [0.05, 0.1) is 13.2 Å². The van der Waals surface area contributed by atoms with Crippen molar-refractivity contribution in [2.24, 2.45) is 0 Å². The number of anilines is 1. The zero-order valence-electron chi connectivity index (χ0n) is 14.0. The number of hydrogen-bond acceptors (Lipinski definition) is 5. The number of hydrogen-bond donors (Lipinski definition) is 1. The van der Waals surface area contributed by atoms with Crippen molar-refractivity contribution < 1.29 is 9.53 Å². The fourth-order valence-electron chi connectivity index (χ4n) is 2.05. The Hall–Kier alpha value is -2.63. The summed E-state index contributed by atoms with van der Waals surface area (Å²) in [6, 6.07) is 8.95. The van der Waals surface area contributed by atoms with Gasteiger partial charge in [0.2, 0.25) is 0 Å². The molecule has 1 amide bonds. The number of ether oxygens (including phenoxy) is 1. The first-order valence-electron chi connectivity index (χ1n) is 7.52. The Morgan fingerprint density at radius 3 is 2.52 bits per heavy atom. The number of carbonyl (C=O) groups excluding carboxylic acids is 1. The topological polar surface area (TPSA) is 67.3 Å². The predicted molar refractivity (Wildman–Crippen MR) is 89.9 cm³/mol. The standard InChI is InChI=1S/C17H22N4O2/c1-5-23-14-8-6-13(7-9-14)17(22)18-11-15-19-12(2)10-16(20-15)21(3)4/h6-10H,5,11H2,1-4H3,(H,18,22). The van der Waals surface area contributed by atoms with Crippen LogP contribution in [0.15, 0.2) is 30.3 Å². The van der Waals surface area contributed by atoms with Gasteiger partial charge in [0.1, 0.15) is 17.4 Å². The van der Waals surface area contributed by atoms with Gasteiger partial charge >= 0.3 is 0 Å². The summed E-state index contributed by atoms with van der Waals surface area (Å²) in [7, 11) is 3.84. The second-order valence-corrected chi connectivity index (χ2v) is 5.32. The number of aromatic nitrogens is 2. The zero-order chi connectivity index (χ0) is 16.8. The second-order valence-electron chi connectivity index (χ2n) is 5.32. The molecule has 122 valence electrons. The van der Waals surface area contributed by atoms with Crippen LogP contribution in [-0.4, -0.2) is 36.6 Å². The minimum Gasteiger partial charge on any atom is -0.494 e. The molecule has 0 saturated heterocycles. The van der Waals surface area contributed by atoms with Crippen LogP contribution in [0, 0.1) is 6.92 Å². The first kappa shape index (κ1) is 16.7. The van der Waals surface area contributed by atoms with E-state index in [0.29, 0.717) is 18.0 Å². The summed E-state index contributed by atoms with van der Waals surface area (Å²) in [6.45, 7) is 4.72. The van der Waals surface area contributed by atoms with Crippen molar-refractivity contribution in [1.29, 1.82) is 0 Å². The highest BCUT2D eigenvalue weighted by molar-refractivity contribution is 5.94. The monoisotopic (exact) mass is 314 g/mol. The summed E-state index contributed by atoms with van der Waals surface area (Å²) < 4.78 is 5.36. The number of benzene rings is 1. The van der Waals surface area contributed by atoms with E-state index >= 15 is 0 Å². The quantitative estimate of drug-likeness (QED) is 0.885. The number of amides is 1. The highest BCUT2D eigenvalue weighted by Gasteiger charge is 2.08. The molecule has 1 aromatic heterocycles. The second kappa shape index (κ2) is 7.58. The number of rotatable bonds is 6. The van der Waals surface area contributed by atoms with Crippen LogP contribution in [0.4, 0.5) is 5.82 Å². The Labute approximate surface area is 136 Å². The van der Waals surface area contributed by atoms with Crippen LogP contribution in [0.3, 0.4) is 0 Å². The van der Waals surface area contributed by atoms with Crippen molar-refractivity contribution in [1.82, 2.24) is 15.3 Å². The fourth-order valence-corrected chi connectivity index (χ4v) is 2.05. The van der Waals surface area contributed by atoms with Gasteiger partial charge in [-0.3, -0.25) is 4.79 Å². The molecule has 0 radical (unpaired) electrons. The fraction of sp³-hybridized carbons (Fsp3) is 0.353. The molecule has 1 N–H and O–H groups in total. The van der Waals surface area contributed by atoms with Crippen molar-refractivity contribution in [3.8, 4) is 5.75 Å². The first-order chi connectivity index (χ1) is 11.0. The van der Waals surface area contributed by atoms with Crippen molar-refractivity contribution in [2.75, 3.05) is 25.6 Å². The van der Waals surface area contributed by atoms with Crippen LogP contribution >= 0.6 is 0 Å². The molecular formula is C17H22N4O2. The molecule has 2 rings (SSSR count). The first-order valence-corrected chi connectivity index (χ1v) is 7.52. The lowest BCUT2D eigenvalue weighted by Gasteiger charge is -2.13. The molecule has 0 fully saturated rings. The Morgan fingerprint density at radius 2 is 1.91 bits per heavy atom. The molecule has 23 heavy (non-hydrogen) atoms. The van der Waals surface area contributed by atoms with Gasteiger partial charge in [-0.2, -0.15) is 0 Å². The molecule has 1 heterocycles. The molecule has 0 bridgehead atoms. The Kier molecular flexibility index (Phi) is 5.51. The number of nitrogens with zero attached hydrogens (tertiary/aromatic N) is 3. The minimum absolute atomic E-state index is 0.162. The van der Waals surface area contributed by atoms with Crippen LogP contribution in [0.2, 0.25) is 0 Å². The molecule has 0 aliphatic carbocycles. The Morgan fingerprint density at radius 1 is 1.22 bits per heavy atom. The molecule has 2 aromatic rings. The van der Waals surface area contributed by atoms with E-state index in [2.05, 4.69) is 15.3 Å². The summed E-state index contributed by atoms with van der Waals surface area (Å²) in [5.41, 5.74) is 1.45. The van der Waals surface area contributed by atoms with E-state index in [1.165, 1.54) is 0 Å². The summed E-state index contributed by atoms with van der Waals surface area (Å²) in [5, 5.41) is 2.84. The van der Waals surface area contributed by atoms with Gasteiger partial charge in [0.15, 0.2) is 0 Å². The molecule has 6 heteroatoms.